The highest BCUT2D eigenvalue weighted by molar-refractivity contribution is 6.76. The quantitative estimate of drug-likeness (QED) is 0.215. The first kappa shape index (κ1) is 25.8. The van der Waals surface area contributed by atoms with Crippen LogP contribution in [0, 0.1) is 0 Å². The van der Waals surface area contributed by atoms with E-state index in [1.54, 1.807) is 36.4 Å². The van der Waals surface area contributed by atoms with E-state index in [0.29, 0.717) is 6.29 Å². The lowest BCUT2D eigenvalue weighted by Crippen LogP contribution is -2.53. The highest BCUT2D eigenvalue weighted by atomic mass is 28.3. The Kier molecular flexibility index (Phi) is 8.18. The molecule has 0 N–H and O–H groups in total. The van der Waals surface area contributed by atoms with E-state index in [9.17, 15) is 24.0 Å². The van der Waals surface area contributed by atoms with Crippen LogP contribution in [0.1, 0.15) is 26.3 Å². The zero-order valence-electron chi connectivity index (χ0n) is 19.9. The van der Waals surface area contributed by atoms with Gasteiger partial charge in [-0.05, 0) is 17.7 Å². The topological polar surface area (TPSA) is 110 Å². The van der Waals surface area contributed by atoms with Crippen molar-refractivity contribution in [2.75, 3.05) is 19.3 Å². The third-order valence-electron chi connectivity index (χ3n) is 5.21. The van der Waals surface area contributed by atoms with E-state index in [0.717, 1.165) is 15.4 Å². The van der Waals surface area contributed by atoms with E-state index in [1.165, 1.54) is 12.1 Å². The molecule has 0 spiro atoms. The molecule has 1 atom stereocenters. The minimum absolute atomic E-state index is 0.0488. The molecule has 0 bridgehead atoms. The second kappa shape index (κ2) is 11.1. The number of rotatable bonds is 10. The standard InChI is InChI=1S/C25H28N2O7Si/c1-35(2,3)17-34-24(31)21(27-22(29)19-11-7-8-12-20(19)23(27)30)15-26(13-14-28)25(32)33-16-18-9-5-4-6-10-18/h4-12,14,21H,13,15-17H2,1-3H3. The maximum Gasteiger partial charge on any atom is 0.410 e. The maximum absolute atomic E-state index is 13.1. The number of nitrogens with zero attached hydrogens (tertiary/aromatic N) is 2. The molecule has 0 fully saturated rings. The minimum Gasteiger partial charge on any atom is -0.468 e. The average Bonchev–Trinajstić information content (AvgIpc) is 3.09. The lowest BCUT2D eigenvalue weighted by atomic mass is 10.1. The number of ether oxygens (including phenoxy) is 2. The SMILES string of the molecule is C[Si](C)(C)COC(=O)C(CN(CC=O)C(=O)OCc1ccccc1)N1C(=O)c2ccccc2C1=O. The second-order valence-corrected chi connectivity index (χ2v) is 14.7. The zero-order valence-corrected chi connectivity index (χ0v) is 20.9. The molecular formula is C25H28N2O7Si. The van der Waals surface area contributed by atoms with E-state index in [2.05, 4.69) is 0 Å². The van der Waals surface area contributed by atoms with E-state index in [4.69, 9.17) is 9.47 Å². The summed E-state index contributed by atoms with van der Waals surface area (Å²) in [6, 6.07) is 13.7. The number of carbonyl (C=O) groups is 5. The minimum atomic E-state index is -1.82. The van der Waals surface area contributed by atoms with Crippen molar-refractivity contribution in [3.63, 3.8) is 0 Å². The summed E-state index contributed by atoms with van der Waals surface area (Å²) in [5.74, 6) is -2.15. The van der Waals surface area contributed by atoms with Crippen molar-refractivity contribution in [3.05, 3.63) is 71.3 Å². The molecule has 10 heteroatoms. The Bertz CT molecular complexity index is 1080. The van der Waals surface area contributed by atoms with Crippen LogP contribution in [0.2, 0.25) is 19.6 Å². The van der Waals surface area contributed by atoms with Crippen LogP contribution in [0.15, 0.2) is 54.6 Å². The summed E-state index contributed by atoms with van der Waals surface area (Å²) < 4.78 is 10.8. The van der Waals surface area contributed by atoms with Crippen LogP contribution < -0.4 is 0 Å². The number of esters is 1. The second-order valence-electron chi connectivity index (χ2n) is 9.32. The monoisotopic (exact) mass is 496 g/mol. The van der Waals surface area contributed by atoms with Crippen molar-refractivity contribution >= 4 is 38.2 Å². The van der Waals surface area contributed by atoms with Gasteiger partial charge < -0.3 is 14.3 Å². The highest BCUT2D eigenvalue weighted by Crippen LogP contribution is 2.26. The molecule has 0 aliphatic carbocycles. The summed E-state index contributed by atoms with van der Waals surface area (Å²) in [6.45, 7) is 5.11. The molecule has 35 heavy (non-hydrogen) atoms. The molecule has 9 nitrogen and oxygen atoms in total. The third-order valence-corrected chi connectivity index (χ3v) is 6.22. The van der Waals surface area contributed by atoms with Gasteiger partial charge in [0.1, 0.15) is 12.9 Å². The van der Waals surface area contributed by atoms with Gasteiger partial charge in [0, 0.05) is 0 Å². The Morgan fingerprint density at radius 3 is 2.06 bits per heavy atom. The molecule has 3 amide bonds. The third kappa shape index (κ3) is 6.42. The first-order chi connectivity index (χ1) is 16.6. The molecule has 1 aliphatic heterocycles. The molecule has 184 valence electrons. The van der Waals surface area contributed by atoms with Crippen molar-refractivity contribution in [1.82, 2.24) is 9.80 Å². The molecule has 1 heterocycles. The van der Waals surface area contributed by atoms with E-state index < -0.39 is 51.1 Å². The molecule has 0 saturated heterocycles. The van der Waals surface area contributed by atoms with Gasteiger partial charge in [0.05, 0.1) is 38.5 Å². The zero-order chi connectivity index (χ0) is 25.6. The van der Waals surface area contributed by atoms with Crippen molar-refractivity contribution in [2.24, 2.45) is 0 Å². The first-order valence-electron chi connectivity index (χ1n) is 11.1. The average molecular weight is 497 g/mol. The Labute approximate surface area is 204 Å². The Hall–Kier alpha value is -3.79. The fourth-order valence-electron chi connectivity index (χ4n) is 3.47. The molecule has 2 aromatic carbocycles. The van der Waals surface area contributed by atoms with Gasteiger partial charge in [-0.2, -0.15) is 0 Å². The van der Waals surface area contributed by atoms with Gasteiger partial charge in [0.2, 0.25) is 0 Å². The lowest BCUT2D eigenvalue weighted by molar-refractivity contribution is -0.147. The summed E-state index contributed by atoms with van der Waals surface area (Å²) in [5, 5.41) is 0. The van der Waals surface area contributed by atoms with Crippen molar-refractivity contribution in [2.45, 2.75) is 32.3 Å². The van der Waals surface area contributed by atoms with Crippen LogP contribution in [0.4, 0.5) is 4.79 Å². The molecule has 3 rings (SSSR count). The predicted molar refractivity (Wildman–Crippen MR) is 129 cm³/mol. The smallest absolute Gasteiger partial charge is 0.410 e. The largest absolute Gasteiger partial charge is 0.468 e. The van der Waals surface area contributed by atoms with Crippen LogP contribution in [0.25, 0.3) is 0 Å². The highest BCUT2D eigenvalue weighted by Gasteiger charge is 2.45. The van der Waals surface area contributed by atoms with Gasteiger partial charge in [-0.15, -0.1) is 0 Å². The summed E-state index contributed by atoms with van der Waals surface area (Å²) in [6.07, 6.45) is -0.214. The fourth-order valence-corrected chi connectivity index (χ4v) is 4.04. The maximum atomic E-state index is 13.1. The number of benzene rings is 2. The van der Waals surface area contributed by atoms with Gasteiger partial charge in [0.25, 0.3) is 11.8 Å². The summed E-state index contributed by atoms with van der Waals surface area (Å²) >= 11 is 0. The van der Waals surface area contributed by atoms with E-state index >= 15 is 0 Å². The number of fused-ring (bicyclic) bond motifs is 1. The molecule has 0 saturated carbocycles. The van der Waals surface area contributed by atoms with Gasteiger partial charge in [-0.25, -0.2) is 9.59 Å². The first-order valence-corrected chi connectivity index (χ1v) is 14.9. The van der Waals surface area contributed by atoms with Gasteiger partial charge >= 0.3 is 12.1 Å². The normalized spacial score (nSPS) is 13.7. The predicted octanol–water partition coefficient (Wildman–Crippen LogP) is 2.91. The Morgan fingerprint density at radius 1 is 0.943 bits per heavy atom. The number of hydrogen-bond donors (Lipinski definition) is 0. The van der Waals surface area contributed by atoms with Crippen molar-refractivity contribution in [3.8, 4) is 0 Å². The number of imide groups is 1. The summed E-state index contributed by atoms with van der Waals surface area (Å²) in [7, 11) is -1.82. The number of aldehydes is 1. The van der Waals surface area contributed by atoms with Crippen LogP contribution in [0.5, 0.6) is 0 Å². The lowest BCUT2D eigenvalue weighted by Gasteiger charge is -2.30. The molecule has 1 unspecified atom stereocenters. The number of hydrogen-bond acceptors (Lipinski definition) is 7. The van der Waals surface area contributed by atoms with E-state index in [-0.39, 0.29) is 24.0 Å². The van der Waals surface area contributed by atoms with Gasteiger partial charge in [-0.3, -0.25) is 19.4 Å². The van der Waals surface area contributed by atoms with Crippen molar-refractivity contribution in [1.29, 1.82) is 0 Å². The molecule has 2 aromatic rings. The van der Waals surface area contributed by atoms with E-state index in [1.807, 2.05) is 25.7 Å². The Balaban J connectivity index is 1.85. The Morgan fingerprint density at radius 2 is 1.51 bits per heavy atom. The van der Waals surface area contributed by atoms with Crippen LogP contribution >= 0.6 is 0 Å². The number of carbonyl (C=O) groups excluding carboxylic acids is 5. The van der Waals surface area contributed by atoms with Crippen LogP contribution in [-0.2, 0) is 25.7 Å². The number of amides is 3. The molecule has 1 aliphatic rings. The fraction of sp³-hybridized carbons (Fsp3) is 0.320. The van der Waals surface area contributed by atoms with Gasteiger partial charge in [-0.1, -0.05) is 62.1 Å². The van der Waals surface area contributed by atoms with Crippen LogP contribution in [0.3, 0.4) is 0 Å². The molecule has 0 radical (unpaired) electrons. The summed E-state index contributed by atoms with van der Waals surface area (Å²) in [4.78, 5) is 65.2. The molecule has 0 aromatic heterocycles. The molecular weight excluding hydrogens is 468 g/mol. The summed E-state index contributed by atoms with van der Waals surface area (Å²) in [5.41, 5.74) is 1.06. The van der Waals surface area contributed by atoms with Crippen molar-refractivity contribution < 1.29 is 33.4 Å². The van der Waals surface area contributed by atoms with Crippen LogP contribution in [-0.4, -0.2) is 73.4 Å². The van der Waals surface area contributed by atoms with Gasteiger partial charge in [0.15, 0.2) is 6.04 Å².